The van der Waals surface area contributed by atoms with E-state index < -0.39 is 11.9 Å². The summed E-state index contributed by atoms with van der Waals surface area (Å²) in [6.45, 7) is 2.02. The van der Waals surface area contributed by atoms with Crippen LogP contribution in [-0.2, 0) is 14.3 Å². The minimum absolute atomic E-state index is 0.118. The molecule has 92 valence electrons. The van der Waals surface area contributed by atoms with Gasteiger partial charge in [-0.05, 0) is 18.8 Å². The smallest absolute Gasteiger partial charge is 0.237 e. The molecular weight excluding hydrogens is 210 g/mol. The van der Waals surface area contributed by atoms with Crippen LogP contribution in [0.5, 0.6) is 0 Å². The van der Waals surface area contributed by atoms with Crippen molar-refractivity contribution in [2.75, 3.05) is 19.8 Å². The van der Waals surface area contributed by atoms with Gasteiger partial charge in [-0.2, -0.15) is 0 Å². The fourth-order valence-corrected chi connectivity index (χ4v) is 1.65. The fraction of sp³-hybridized carbons (Fsp3) is 0.800. The Hall–Kier alpha value is -1.14. The van der Waals surface area contributed by atoms with E-state index in [-0.39, 0.29) is 12.3 Å². The number of hydrogen-bond acceptors (Lipinski definition) is 4. The molecule has 0 aromatic heterocycles. The molecule has 0 bridgehead atoms. The highest BCUT2D eigenvalue weighted by Gasteiger charge is 2.18. The summed E-state index contributed by atoms with van der Waals surface area (Å²) < 4.78 is 5.28. The third-order valence-corrected chi connectivity index (χ3v) is 2.58. The van der Waals surface area contributed by atoms with Gasteiger partial charge in [0, 0.05) is 13.2 Å². The highest BCUT2D eigenvalue weighted by molar-refractivity contribution is 5.87. The van der Waals surface area contributed by atoms with E-state index >= 15 is 0 Å². The molecule has 1 aliphatic rings. The summed E-state index contributed by atoms with van der Waals surface area (Å²) in [5, 5.41) is 2.71. The molecule has 1 aliphatic heterocycles. The van der Waals surface area contributed by atoms with Crippen molar-refractivity contribution in [1.82, 2.24) is 5.32 Å². The van der Waals surface area contributed by atoms with Gasteiger partial charge in [0.1, 0.15) is 0 Å². The minimum Gasteiger partial charge on any atom is -0.381 e. The first-order chi connectivity index (χ1) is 7.59. The van der Waals surface area contributed by atoms with Crippen LogP contribution in [0.1, 0.15) is 19.3 Å². The van der Waals surface area contributed by atoms with E-state index in [1.807, 2.05) is 0 Å². The van der Waals surface area contributed by atoms with Gasteiger partial charge in [0.15, 0.2) is 0 Å². The molecule has 0 aromatic carbocycles. The zero-order chi connectivity index (χ0) is 12.0. The van der Waals surface area contributed by atoms with Gasteiger partial charge in [-0.15, -0.1) is 0 Å². The topological polar surface area (TPSA) is 107 Å². The summed E-state index contributed by atoms with van der Waals surface area (Å²) in [7, 11) is 0. The van der Waals surface area contributed by atoms with Crippen molar-refractivity contribution in [3.05, 3.63) is 0 Å². The number of amides is 2. The Morgan fingerprint density at radius 1 is 1.50 bits per heavy atom. The first-order valence-electron chi connectivity index (χ1n) is 5.49. The molecule has 2 amide bonds. The molecule has 0 saturated carbocycles. The fourth-order valence-electron chi connectivity index (χ4n) is 1.65. The van der Waals surface area contributed by atoms with Gasteiger partial charge in [0.2, 0.25) is 11.8 Å². The minimum atomic E-state index is -0.845. The van der Waals surface area contributed by atoms with E-state index in [0.717, 1.165) is 19.4 Å². The van der Waals surface area contributed by atoms with Crippen molar-refractivity contribution in [1.29, 1.82) is 0 Å². The molecule has 1 fully saturated rings. The maximum Gasteiger partial charge on any atom is 0.237 e. The molecule has 16 heavy (non-hydrogen) atoms. The molecule has 5 N–H and O–H groups in total. The lowest BCUT2D eigenvalue weighted by Crippen LogP contribution is -2.45. The number of carbonyl (C=O) groups is 2. The number of ether oxygens (including phenoxy) is 1. The van der Waals surface area contributed by atoms with E-state index in [9.17, 15) is 9.59 Å². The van der Waals surface area contributed by atoms with Gasteiger partial charge in [0.05, 0.1) is 19.1 Å². The van der Waals surface area contributed by atoms with Gasteiger partial charge >= 0.3 is 0 Å². The van der Waals surface area contributed by atoms with Gasteiger partial charge < -0.3 is 21.5 Å². The molecule has 0 aromatic rings. The van der Waals surface area contributed by atoms with Crippen LogP contribution in [0.2, 0.25) is 0 Å². The predicted octanol–water partition coefficient (Wildman–Crippen LogP) is -1.27. The zero-order valence-electron chi connectivity index (χ0n) is 9.28. The van der Waals surface area contributed by atoms with Crippen LogP contribution in [0.3, 0.4) is 0 Å². The monoisotopic (exact) mass is 229 g/mol. The van der Waals surface area contributed by atoms with Gasteiger partial charge in [-0.3, -0.25) is 9.59 Å². The van der Waals surface area contributed by atoms with Crippen LogP contribution < -0.4 is 16.8 Å². The standard InChI is InChI=1S/C10H19N3O3/c11-8(4-9(12)14)10(15)13-5-7-2-1-3-16-6-7/h7-8H,1-6,11H2,(H2,12,14)(H,13,15). The molecule has 0 aliphatic carbocycles. The second kappa shape index (κ2) is 6.44. The number of nitrogens with two attached hydrogens (primary N) is 2. The molecule has 6 nitrogen and oxygen atoms in total. The van der Waals surface area contributed by atoms with E-state index in [2.05, 4.69) is 5.32 Å². The van der Waals surface area contributed by atoms with Crippen LogP contribution in [-0.4, -0.2) is 37.6 Å². The van der Waals surface area contributed by atoms with Crippen molar-refractivity contribution in [2.24, 2.45) is 17.4 Å². The van der Waals surface area contributed by atoms with E-state index in [1.54, 1.807) is 0 Å². The van der Waals surface area contributed by atoms with E-state index in [4.69, 9.17) is 16.2 Å². The third-order valence-electron chi connectivity index (χ3n) is 2.58. The van der Waals surface area contributed by atoms with Gasteiger partial charge in [-0.1, -0.05) is 0 Å². The Labute approximate surface area is 94.7 Å². The Bertz CT molecular complexity index is 252. The summed E-state index contributed by atoms with van der Waals surface area (Å²) in [5.41, 5.74) is 10.4. The summed E-state index contributed by atoms with van der Waals surface area (Å²) in [6.07, 6.45) is 1.95. The number of rotatable bonds is 5. The van der Waals surface area contributed by atoms with Gasteiger partial charge in [0.25, 0.3) is 0 Å². The van der Waals surface area contributed by atoms with Crippen LogP contribution in [0, 0.1) is 5.92 Å². The molecule has 0 spiro atoms. The van der Waals surface area contributed by atoms with Gasteiger partial charge in [-0.25, -0.2) is 0 Å². The van der Waals surface area contributed by atoms with Crippen molar-refractivity contribution >= 4 is 11.8 Å². The number of carbonyl (C=O) groups excluding carboxylic acids is 2. The van der Waals surface area contributed by atoms with Crippen molar-refractivity contribution in [3.63, 3.8) is 0 Å². The summed E-state index contributed by atoms with van der Waals surface area (Å²) in [6, 6.07) is -0.845. The maximum atomic E-state index is 11.4. The van der Waals surface area contributed by atoms with Crippen molar-refractivity contribution in [2.45, 2.75) is 25.3 Å². The lowest BCUT2D eigenvalue weighted by molar-refractivity contribution is -0.126. The summed E-state index contributed by atoms with van der Waals surface area (Å²) in [5.74, 6) is -0.550. The lowest BCUT2D eigenvalue weighted by Gasteiger charge is -2.22. The molecule has 2 unspecified atom stereocenters. The average Bonchev–Trinajstić information content (AvgIpc) is 2.26. The highest BCUT2D eigenvalue weighted by Crippen LogP contribution is 2.12. The molecule has 1 heterocycles. The molecule has 1 rings (SSSR count). The number of nitrogens with one attached hydrogen (secondary N) is 1. The quantitative estimate of drug-likeness (QED) is 0.546. The SMILES string of the molecule is NC(=O)CC(N)C(=O)NCC1CCCOC1. The van der Waals surface area contributed by atoms with E-state index in [1.165, 1.54) is 0 Å². The first kappa shape index (κ1) is 12.9. The van der Waals surface area contributed by atoms with Crippen molar-refractivity contribution in [3.8, 4) is 0 Å². The van der Waals surface area contributed by atoms with Crippen LogP contribution in [0.4, 0.5) is 0 Å². The molecule has 2 atom stereocenters. The Morgan fingerprint density at radius 3 is 2.81 bits per heavy atom. The second-order valence-electron chi connectivity index (χ2n) is 4.11. The second-order valence-corrected chi connectivity index (χ2v) is 4.11. The Morgan fingerprint density at radius 2 is 2.25 bits per heavy atom. The van der Waals surface area contributed by atoms with Crippen LogP contribution >= 0.6 is 0 Å². The van der Waals surface area contributed by atoms with Crippen LogP contribution in [0.15, 0.2) is 0 Å². The Kier molecular flexibility index (Phi) is 5.21. The Balaban J connectivity index is 2.20. The molecular formula is C10H19N3O3. The summed E-state index contributed by atoms with van der Waals surface area (Å²) >= 11 is 0. The maximum absolute atomic E-state index is 11.4. The molecule has 0 radical (unpaired) electrons. The predicted molar refractivity (Wildman–Crippen MR) is 58.3 cm³/mol. The van der Waals surface area contributed by atoms with Crippen LogP contribution in [0.25, 0.3) is 0 Å². The highest BCUT2D eigenvalue weighted by atomic mass is 16.5. The molecule has 1 saturated heterocycles. The first-order valence-corrected chi connectivity index (χ1v) is 5.49. The molecule has 6 heteroatoms. The lowest BCUT2D eigenvalue weighted by atomic mass is 10.0. The third kappa shape index (κ3) is 4.59. The average molecular weight is 229 g/mol. The number of primary amides is 1. The van der Waals surface area contributed by atoms with E-state index in [0.29, 0.717) is 19.1 Å². The summed E-state index contributed by atoms with van der Waals surface area (Å²) in [4.78, 5) is 22.0. The van der Waals surface area contributed by atoms with Crippen molar-refractivity contribution < 1.29 is 14.3 Å². The number of hydrogen-bond donors (Lipinski definition) is 3. The largest absolute Gasteiger partial charge is 0.381 e. The zero-order valence-corrected chi connectivity index (χ0v) is 9.28. The normalized spacial score (nSPS) is 22.4.